The maximum Gasteiger partial charge on any atom is 0.0738 e. The zero-order chi connectivity index (χ0) is 18.4. The topological polar surface area (TPSA) is 3.24 Å². The second kappa shape index (κ2) is 9.23. The highest BCUT2D eigenvalue weighted by Crippen LogP contribution is 2.30. The van der Waals surface area contributed by atoms with E-state index in [-0.39, 0.29) is 11.4 Å². The van der Waals surface area contributed by atoms with Crippen molar-refractivity contribution < 1.29 is 0 Å². The molecule has 0 N–H and O–H groups in total. The first-order valence-electron chi connectivity index (χ1n) is 8.85. The summed E-state index contributed by atoms with van der Waals surface area (Å²) in [5, 5.41) is 0.621. The first kappa shape index (κ1) is 19.0. The molecular weight excluding hydrogens is 361 g/mol. The van der Waals surface area contributed by atoms with Gasteiger partial charge in [0.15, 0.2) is 0 Å². The number of nitrogens with zero attached hydrogens (tertiary/aromatic N) is 1. The number of hydrogen-bond acceptors (Lipinski definition) is 1. The van der Waals surface area contributed by atoms with E-state index >= 15 is 0 Å². The smallest absolute Gasteiger partial charge is 0.0738 e. The molecule has 0 aliphatic rings. The lowest BCUT2D eigenvalue weighted by molar-refractivity contribution is 0.185. The molecule has 0 saturated carbocycles. The van der Waals surface area contributed by atoms with Gasteiger partial charge in [0.2, 0.25) is 0 Å². The Bertz CT molecular complexity index is 746. The van der Waals surface area contributed by atoms with Crippen LogP contribution < -0.4 is 0 Å². The Hall–Kier alpha value is -1.80. The predicted octanol–water partition coefficient (Wildman–Crippen LogP) is 6.71. The van der Waals surface area contributed by atoms with Crippen LogP contribution in [0.25, 0.3) is 0 Å². The maximum absolute atomic E-state index is 6.85. The molecule has 2 atom stereocenters. The summed E-state index contributed by atoms with van der Waals surface area (Å²) in [6, 6.07) is 29.1. The second-order valence-electron chi connectivity index (χ2n) is 6.57. The van der Waals surface area contributed by atoms with Crippen LogP contribution in [0.15, 0.2) is 84.9 Å². The number of halogens is 2. The van der Waals surface area contributed by atoms with Crippen molar-refractivity contribution in [3.05, 3.63) is 107 Å². The van der Waals surface area contributed by atoms with Gasteiger partial charge in [0.1, 0.15) is 0 Å². The Labute approximate surface area is 166 Å². The van der Waals surface area contributed by atoms with Gasteiger partial charge in [-0.3, -0.25) is 4.90 Å². The zero-order valence-electron chi connectivity index (χ0n) is 14.9. The molecule has 0 fully saturated rings. The number of benzene rings is 3. The monoisotopic (exact) mass is 383 g/mol. The number of hydrogen-bond donors (Lipinski definition) is 0. The molecule has 0 heterocycles. The summed E-state index contributed by atoms with van der Waals surface area (Å²) in [5.74, 6) is 0. The number of alkyl halides is 1. The minimum Gasteiger partial charge on any atom is -0.290 e. The van der Waals surface area contributed by atoms with Crippen molar-refractivity contribution in [1.29, 1.82) is 0 Å². The van der Waals surface area contributed by atoms with Crippen molar-refractivity contribution in [2.45, 2.75) is 31.4 Å². The summed E-state index contributed by atoms with van der Waals surface area (Å²) in [5.41, 5.74) is 3.67. The molecule has 0 aliphatic carbocycles. The maximum atomic E-state index is 6.85. The fourth-order valence-electron chi connectivity index (χ4n) is 3.09. The summed E-state index contributed by atoms with van der Waals surface area (Å²) in [6.07, 6.45) is 0. The molecule has 0 spiro atoms. The van der Waals surface area contributed by atoms with Crippen molar-refractivity contribution >= 4 is 23.2 Å². The second-order valence-corrected chi connectivity index (χ2v) is 7.48. The van der Waals surface area contributed by atoms with Crippen molar-refractivity contribution in [2.75, 3.05) is 0 Å². The first-order chi connectivity index (χ1) is 12.6. The Balaban J connectivity index is 1.82. The molecule has 3 heteroatoms. The molecule has 0 aliphatic heterocycles. The lowest BCUT2D eigenvalue weighted by Gasteiger charge is -2.32. The molecule has 3 rings (SSSR count). The van der Waals surface area contributed by atoms with E-state index in [0.717, 1.165) is 23.7 Å². The fourth-order valence-corrected chi connectivity index (χ4v) is 3.52. The summed E-state index contributed by atoms with van der Waals surface area (Å²) >= 11 is 12.9. The van der Waals surface area contributed by atoms with Gasteiger partial charge in [0, 0.05) is 24.2 Å². The van der Waals surface area contributed by atoms with Gasteiger partial charge in [0.05, 0.1) is 5.38 Å². The van der Waals surface area contributed by atoms with E-state index in [1.807, 2.05) is 36.4 Å². The Morgan fingerprint density at radius 2 is 1.19 bits per heavy atom. The van der Waals surface area contributed by atoms with Crippen LogP contribution in [0.3, 0.4) is 0 Å². The van der Waals surface area contributed by atoms with E-state index in [1.54, 1.807) is 0 Å². The lowest BCUT2D eigenvalue weighted by Crippen LogP contribution is -2.35. The van der Waals surface area contributed by atoms with E-state index in [1.165, 1.54) is 11.1 Å². The van der Waals surface area contributed by atoms with E-state index in [2.05, 4.69) is 60.4 Å². The zero-order valence-corrected chi connectivity index (χ0v) is 16.4. The van der Waals surface area contributed by atoms with Gasteiger partial charge in [0.25, 0.3) is 0 Å². The number of rotatable bonds is 7. The van der Waals surface area contributed by atoms with Crippen LogP contribution in [0.4, 0.5) is 0 Å². The van der Waals surface area contributed by atoms with E-state index in [4.69, 9.17) is 23.2 Å². The van der Waals surface area contributed by atoms with Crippen LogP contribution in [0.5, 0.6) is 0 Å². The normalized spacial score (nSPS) is 13.5. The minimum absolute atomic E-state index is 0.111. The van der Waals surface area contributed by atoms with Crippen LogP contribution in [0.2, 0.25) is 5.02 Å². The largest absolute Gasteiger partial charge is 0.290 e. The summed E-state index contributed by atoms with van der Waals surface area (Å²) in [4.78, 5) is 2.43. The molecule has 134 valence electrons. The molecule has 1 nitrogen and oxygen atoms in total. The van der Waals surface area contributed by atoms with Crippen molar-refractivity contribution in [3.63, 3.8) is 0 Å². The molecule has 0 radical (unpaired) electrons. The van der Waals surface area contributed by atoms with E-state index in [0.29, 0.717) is 0 Å². The first-order valence-corrected chi connectivity index (χ1v) is 9.66. The average molecular weight is 384 g/mol. The average Bonchev–Trinajstić information content (AvgIpc) is 2.68. The SMILES string of the molecule is CC(C(Cl)c1ccc(Cl)cc1)N(Cc1ccccc1)Cc1ccccc1. The third kappa shape index (κ3) is 5.11. The predicted molar refractivity (Wildman–Crippen MR) is 112 cm³/mol. The summed E-state index contributed by atoms with van der Waals surface area (Å²) in [6.45, 7) is 3.90. The molecule has 0 amide bonds. The van der Waals surface area contributed by atoms with Crippen LogP contribution in [0.1, 0.15) is 29.0 Å². The standard InChI is InChI=1S/C23H23Cl2N/c1-18(23(25)21-12-14-22(24)15-13-21)26(16-19-8-4-2-5-9-19)17-20-10-6-3-7-11-20/h2-15,18,23H,16-17H2,1H3. The highest BCUT2D eigenvalue weighted by Gasteiger charge is 2.23. The Morgan fingerprint density at radius 1 is 0.731 bits per heavy atom. The molecule has 0 bridgehead atoms. The highest BCUT2D eigenvalue weighted by atomic mass is 35.5. The molecule has 0 aromatic heterocycles. The molecule has 0 saturated heterocycles. The molecule has 2 unspecified atom stereocenters. The quantitative estimate of drug-likeness (QED) is 0.409. The van der Waals surface area contributed by atoms with Crippen LogP contribution in [-0.2, 0) is 13.1 Å². The van der Waals surface area contributed by atoms with Gasteiger partial charge >= 0.3 is 0 Å². The van der Waals surface area contributed by atoms with Crippen molar-refractivity contribution in [2.24, 2.45) is 0 Å². The lowest BCUT2D eigenvalue weighted by atomic mass is 10.0. The molecule has 3 aromatic carbocycles. The highest BCUT2D eigenvalue weighted by molar-refractivity contribution is 6.30. The Kier molecular flexibility index (Phi) is 6.73. The van der Waals surface area contributed by atoms with Gasteiger partial charge in [-0.05, 0) is 35.7 Å². The van der Waals surface area contributed by atoms with E-state index < -0.39 is 0 Å². The van der Waals surface area contributed by atoms with Crippen molar-refractivity contribution in [3.8, 4) is 0 Å². The summed E-state index contributed by atoms with van der Waals surface area (Å²) < 4.78 is 0. The minimum atomic E-state index is -0.111. The van der Waals surface area contributed by atoms with E-state index in [9.17, 15) is 0 Å². The van der Waals surface area contributed by atoms with Gasteiger partial charge in [-0.2, -0.15) is 0 Å². The fraction of sp³-hybridized carbons (Fsp3) is 0.217. The molecule has 26 heavy (non-hydrogen) atoms. The van der Waals surface area contributed by atoms with Crippen LogP contribution in [-0.4, -0.2) is 10.9 Å². The third-order valence-electron chi connectivity index (χ3n) is 4.64. The molecular formula is C23H23Cl2N. The van der Waals surface area contributed by atoms with Gasteiger partial charge < -0.3 is 0 Å². The van der Waals surface area contributed by atoms with Gasteiger partial charge in [-0.1, -0.05) is 84.4 Å². The van der Waals surface area contributed by atoms with Crippen LogP contribution >= 0.6 is 23.2 Å². The Morgan fingerprint density at radius 3 is 1.65 bits per heavy atom. The van der Waals surface area contributed by atoms with Crippen molar-refractivity contribution in [1.82, 2.24) is 4.90 Å². The molecule has 3 aromatic rings. The summed E-state index contributed by atoms with van der Waals surface area (Å²) in [7, 11) is 0. The van der Waals surface area contributed by atoms with Crippen LogP contribution in [0, 0.1) is 0 Å². The van der Waals surface area contributed by atoms with Gasteiger partial charge in [-0.25, -0.2) is 0 Å². The third-order valence-corrected chi connectivity index (χ3v) is 5.51. The van der Waals surface area contributed by atoms with Gasteiger partial charge in [-0.15, -0.1) is 11.6 Å².